The van der Waals surface area contributed by atoms with Crippen molar-refractivity contribution >= 4 is 11.6 Å². The molecular weight excluding hydrogens is 552 g/mol. The molecule has 4 heterocycles. The average molecular weight is 580 g/mol. The van der Waals surface area contributed by atoms with Crippen molar-refractivity contribution in [1.82, 2.24) is 19.7 Å². The molecule has 2 fully saturated rings. The number of halogens is 6. The Hall–Kier alpha value is -3.45. The van der Waals surface area contributed by atoms with Gasteiger partial charge < -0.3 is 14.2 Å². The van der Waals surface area contributed by atoms with E-state index in [0.717, 1.165) is 10.6 Å². The number of nitrogens with zero attached hydrogens (tertiary/aromatic N) is 5. The first kappa shape index (κ1) is 27.7. The summed E-state index contributed by atoms with van der Waals surface area (Å²) in [5.74, 6) is -4.71. The first-order chi connectivity index (χ1) is 19.3. The molecule has 218 valence electrons. The van der Waals surface area contributed by atoms with Crippen LogP contribution >= 0.6 is 0 Å². The Kier molecular flexibility index (Phi) is 6.45. The van der Waals surface area contributed by atoms with Gasteiger partial charge in [0.2, 0.25) is 5.82 Å². The topological polar surface area (TPSA) is 63.5 Å². The lowest BCUT2D eigenvalue weighted by molar-refractivity contribution is -0.206. The predicted octanol–water partition coefficient (Wildman–Crippen LogP) is 5.16. The third-order valence-electron chi connectivity index (χ3n) is 8.56. The molecule has 41 heavy (non-hydrogen) atoms. The molecule has 0 aliphatic carbocycles. The molecule has 3 aliphatic rings. The number of carbonyl (C=O) groups is 1. The van der Waals surface area contributed by atoms with Gasteiger partial charge in [-0.25, -0.2) is 4.39 Å². The third-order valence-corrected chi connectivity index (χ3v) is 8.56. The molecule has 0 radical (unpaired) electrons. The number of anilines is 1. The minimum atomic E-state index is -4.74. The van der Waals surface area contributed by atoms with E-state index >= 15 is 8.78 Å². The minimum absolute atomic E-state index is 0.103. The van der Waals surface area contributed by atoms with Gasteiger partial charge in [0.05, 0.1) is 25.3 Å². The normalized spacial score (nSPS) is 21.7. The summed E-state index contributed by atoms with van der Waals surface area (Å²) >= 11 is 0. The van der Waals surface area contributed by atoms with Crippen molar-refractivity contribution in [1.29, 1.82) is 0 Å². The molecule has 2 aromatic carbocycles. The standard InChI is InChI=1S/C28H27F6N5O2/c1-16(38-7-6-19(29)11-38)17-8-21-22(23(9-17)28(32,33)34)12-39(24(21)40)20-5-3-4-18(10-20)26(13-41-14-26)27(30,31)25-36-35-15-37(25)2/h3-5,8-10,15-16,19H,6-7,11-14H2,1-2H3/t16-,19?/m0/s1. The van der Waals surface area contributed by atoms with E-state index in [1.807, 2.05) is 0 Å². The van der Waals surface area contributed by atoms with Gasteiger partial charge in [-0.2, -0.15) is 22.0 Å². The Labute approximate surface area is 231 Å². The van der Waals surface area contributed by atoms with Crippen molar-refractivity contribution in [3.8, 4) is 0 Å². The quantitative estimate of drug-likeness (QED) is 0.378. The summed E-state index contributed by atoms with van der Waals surface area (Å²) in [5, 5.41) is 7.17. The van der Waals surface area contributed by atoms with Gasteiger partial charge in [0.25, 0.3) is 5.91 Å². The molecule has 1 unspecified atom stereocenters. The Bertz CT molecular complexity index is 1500. The molecule has 0 N–H and O–H groups in total. The highest BCUT2D eigenvalue weighted by atomic mass is 19.4. The maximum Gasteiger partial charge on any atom is 0.416 e. The van der Waals surface area contributed by atoms with E-state index in [2.05, 4.69) is 10.2 Å². The number of fused-ring (bicyclic) bond motifs is 1. The number of alkyl halides is 6. The zero-order chi connectivity index (χ0) is 29.3. The van der Waals surface area contributed by atoms with E-state index in [-0.39, 0.29) is 54.2 Å². The van der Waals surface area contributed by atoms with Gasteiger partial charge in [-0.15, -0.1) is 10.2 Å². The number of carbonyl (C=O) groups excluding carboxylic acids is 1. The monoisotopic (exact) mass is 579 g/mol. The molecule has 0 saturated carbocycles. The number of ether oxygens (including phenoxy) is 1. The summed E-state index contributed by atoms with van der Waals surface area (Å²) in [6.07, 6.45) is -4.33. The minimum Gasteiger partial charge on any atom is -0.379 e. The highest BCUT2D eigenvalue weighted by Crippen LogP contribution is 2.51. The van der Waals surface area contributed by atoms with Gasteiger partial charge in [0.1, 0.15) is 17.9 Å². The van der Waals surface area contributed by atoms with Crippen molar-refractivity contribution in [2.75, 3.05) is 31.2 Å². The van der Waals surface area contributed by atoms with Gasteiger partial charge in [0, 0.05) is 37.4 Å². The number of hydrogen-bond acceptors (Lipinski definition) is 5. The second-order valence-electron chi connectivity index (χ2n) is 11.0. The van der Waals surface area contributed by atoms with Crippen LogP contribution in [0, 0.1) is 0 Å². The third kappa shape index (κ3) is 4.32. The maximum atomic E-state index is 15.9. The number of aromatic nitrogens is 3. The Morgan fingerprint density at radius 3 is 2.46 bits per heavy atom. The van der Waals surface area contributed by atoms with Gasteiger partial charge in [-0.3, -0.25) is 9.69 Å². The van der Waals surface area contributed by atoms with Gasteiger partial charge >= 0.3 is 12.1 Å². The molecule has 0 spiro atoms. The zero-order valence-corrected chi connectivity index (χ0v) is 22.3. The molecule has 3 aliphatic heterocycles. The fraction of sp³-hybridized carbons (Fsp3) is 0.464. The molecule has 6 rings (SSSR count). The number of amides is 1. The summed E-state index contributed by atoms with van der Waals surface area (Å²) < 4.78 is 94.6. The molecule has 13 heteroatoms. The lowest BCUT2D eigenvalue weighted by Gasteiger charge is -2.46. The van der Waals surface area contributed by atoms with Gasteiger partial charge in [0.15, 0.2) is 0 Å². The second kappa shape index (κ2) is 9.55. The molecule has 7 nitrogen and oxygen atoms in total. The largest absolute Gasteiger partial charge is 0.416 e. The highest BCUT2D eigenvalue weighted by molar-refractivity contribution is 6.10. The van der Waals surface area contributed by atoms with Crippen molar-refractivity contribution in [2.45, 2.75) is 49.6 Å². The Morgan fingerprint density at radius 1 is 1.12 bits per heavy atom. The van der Waals surface area contributed by atoms with Crippen LogP contribution in [0.3, 0.4) is 0 Å². The Balaban J connectivity index is 1.37. The number of benzene rings is 2. The van der Waals surface area contributed by atoms with E-state index in [1.165, 1.54) is 48.6 Å². The van der Waals surface area contributed by atoms with Crippen molar-refractivity contribution in [2.24, 2.45) is 7.05 Å². The molecule has 2 saturated heterocycles. The SMILES string of the molecule is C[C@@H](c1cc2c(c(C(F)(F)F)c1)CN(c1cccc(C3(C(F)(F)c4nncn4C)COC3)c1)C2=O)N1CCC(F)C1. The molecule has 1 amide bonds. The van der Waals surface area contributed by atoms with Crippen molar-refractivity contribution < 1.29 is 35.9 Å². The summed E-state index contributed by atoms with van der Waals surface area (Å²) in [5.41, 5.74) is -2.40. The van der Waals surface area contributed by atoms with Crippen LogP contribution in [0.25, 0.3) is 0 Å². The molecular formula is C28H27F6N5O2. The van der Waals surface area contributed by atoms with Gasteiger partial charge in [-0.05, 0) is 54.3 Å². The van der Waals surface area contributed by atoms with Crippen LogP contribution < -0.4 is 4.90 Å². The fourth-order valence-corrected chi connectivity index (χ4v) is 6.03. The fourth-order valence-electron chi connectivity index (χ4n) is 6.03. The average Bonchev–Trinajstić information content (AvgIpc) is 3.61. The van der Waals surface area contributed by atoms with Crippen molar-refractivity contribution in [3.63, 3.8) is 0 Å². The first-order valence-corrected chi connectivity index (χ1v) is 13.2. The number of likely N-dealkylation sites (tertiary alicyclic amines) is 1. The van der Waals surface area contributed by atoms with Crippen LogP contribution in [0.4, 0.5) is 32.0 Å². The number of hydrogen-bond donors (Lipinski definition) is 0. The summed E-state index contributed by atoms with van der Waals surface area (Å²) in [7, 11) is 1.40. The summed E-state index contributed by atoms with van der Waals surface area (Å²) in [4.78, 5) is 16.5. The smallest absolute Gasteiger partial charge is 0.379 e. The predicted molar refractivity (Wildman–Crippen MR) is 135 cm³/mol. The highest BCUT2D eigenvalue weighted by Gasteiger charge is 2.63. The first-order valence-electron chi connectivity index (χ1n) is 13.2. The van der Waals surface area contributed by atoms with E-state index in [9.17, 15) is 22.4 Å². The Morgan fingerprint density at radius 2 is 1.88 bits per heavy atom. The lowest BCUT2D eigenvalue weighted by atomic mass is 9.72. The number of rotatable bonds is 6. The molecule has 0 bridgehead atoms. The van der Waals surface area contributed by atoms with Crippen LogP contribution in [0.2, 0.25) is 0 Å². The maximum absolute atomic E-state index is 15.9. The van der Waals surface area contributed by atoms with Crippen LogP contribution in [0.15, 0.2) is 42.7 Å². The van der Waals surface area contributed by atoms with Crippen LogP contribution in [-0.2, 0) is 35.8 Å². The molecule has 2 atom stereocenters. The van der Waals surface area contributed by atoms with E-state index in [4.69, 9.17) is 4.74 Å². The number of aryl methyl sites for hydroxylation is 1. The van der Waals surface area contributed by atoms with Crippen LogP contribution in [0.1, 0.15) is 57.8 Å². The second-order valence-corrected chi connectivity index (χ2v) is 11.0. The molecule has 3 aromatic rings. The lowest BCUT2D eigenvalue weighted by Crippen LogP contribution is -2.58. The molecule has 1 aromatic heterocycles. The van der Waals surface area contributed by atoms with Crippen molar-refractivity contribution in [3.05, 3.63) is 76.4 Å². The van der Waals surface area contributed by atoms with Crippen LogP contribution in [0.5, 0.6) is 0 Å². The zero-order valence-electron chi connectivity index (χ0n) is 22.3. The van der Waals surface area contributed by atoms with E-state index < -0.39 is 47.0 Å². The summed E-state index contributed by atoms with van der Waals surface area (Å²) in [6, 6.07) is 7.82. The van der Waals surface area contributed by atoms with Gasteiger partial charge in [-0.1, -0.05) is 12.1 Å². The van der Waals surface area contributed by atoms with E-state index in [1.54, 1.807) is 11.8 Å². The van der Waals surface area contributed by atoms with Crippen LogP contribution in [-0.4, -0.2) is 58.0 Å². The summed E-state index contributed by atoms with van der Waals surface area (Å²) in [6.45, 7) is 1.19. The van der Waals surface area contributed by atoms with E-state index in [0.29, 0.717) is 13.0 Å².